The van der Waals surface area contributed by atoms with Gasteiger partial charge in [-0.3, -0.25) is 10.1 Å². The molecule has 1 amide bonds. The van der Waals surface area contributed by atoms with E-state index in [1.54, 1.807) is 5.51 Å². The highest BCUT2D eigenvalue weighted by Crippen LogP contribution is 2.23. The number of nitrogens with zero attached hydrogens (tertiary/aromatic N) is 5. The van der Waals surface area contributed by atoms with Crippen molar-refractivity contribution in [3.05, 3.63) is 40.7 Å². The number of amides is 1. The molecule has 10 heteroatoms. The van der Waals surface area contributed by atoms with E-state index < -0.39 is 0 Å². The maximum atomic E-state index is 12.0. The first-order valence-corrected chi connectivity index (χ1v) is 10.2. The largest absolute Gasteiger partial charge is 0.485 e. The van der Waals surface area contributed by atoms with Gasteiger partial charge in [0, 0.05) is 6.54 Å². The molecule has 8 nitrogen and oxygen atoms in total. The highest BCUT2D eigenvalue weighted by Gasteiger charge is 2.15. The van der Waals surface area contributed by atoms with Gasteiger partial charge in [-0.15, -0.1) is 20.4 Å². The lowest BCUT2D eigenvalue weighted by atomic mass is 10.1. The van der Waals surface area contributed by atoms with Crippen LogP contribution in [-0.4, -0.2) is 36.6 Å². The molecule has 1 aromatic carbocycles. The van der Waals surface area contributed by atoms with Crippen LogP contribution in [0.15, 0.2) is 28.9 Å². The van der Waals surface area contributed by atoms with E-state index in [0.717, 1.165) is 17.1 Å². The molecule has 3 aromatic rings. The highest BCUT2D eigenvalue weighted by molar-refractivity contribution is 7.99. The van der Waals surface area contributed by atoms with Crippen molar-refractivity contribution < 1.29 is 9.53 Å². The fraction of sp³-hybridized carbons (Fsp3) is 0.353. The van der Waals surface area contributed by atoms with Crippen LogP contribution >= 0.6 is 23.1 Å². The molecule has 2 aromatic heterocycles. The van der Waals surface area contributed by atoms with Gasteiger partial charge in [0.05, 0.1) is 5.75 Å². The Hall–Kier alpha value is -2.46. The minimum absolute atomic E-state index is 0.157. The summed E-state index contributed by atoms with van der Waals surface area (Å²) in [5, 5.41) is 19.8. The molecule has 142 valence electrons. The number of carbonyl (C=O) groups is 1. The van der Waals surface area contributed by atoms with Crippen LogP contribution < -0.4 is 10.1 Å². The van der Waals surface area contributed by atoms with Crippen LogP contribution in [0.4, 0.5) is 5.13 Å². The second-order valence-electron chi connectivity index (χ2n) is 5.71. The smallest absolute Gasteiger partial charge is 0.236 e. The van der Waals surface area contributed by atoms with Crippen LogP contribution in [0.5, 0.6) is 5.75 Å². The molecule has 27 heavy (non-hydrogen) atoms. The number of aryl methyl sites for hydroxylation is 1. The van der Waals surface area contributed by atoms with Gasteiger partial charge in [0.2, 0.25) is 11.0 Å². The van der Waals surface area contributed by atoms with E-state index in [1.165, 1.54) is 28.7 Å². The molecule has 3 rings (SSSR count). The number of anilines is 1. The summed E-state index contributed by atoms with van der Waals surface area (Å²) in [5.41, 5.74) is 3.86. The second kappa shape index (κ2) is 8.96. The average Bonchev–Trinajstić information content (AvgIpc) is 3.30. The number of benzene rings is 1. The van der Waals surface area contributed by atoms with Gasteiger partial charge in [0.1, 0.15) is 17.9 Å². The molecule has 1 N–H and O–H groups in total. The molecule has 0 radical (unpaired) electrons. The monoisotopic (exact) mass is 404 g/mol. The summed E-state index contributed by atoms with van der Waals surface area (Å²) in [5.74, 6) is 1.63. The second-order valence-corrected chi connectivity index (χ2v) is 7.49. The summed E-state index contributed by atoms with van der Waals surface area (Å²) >= 11 is 2.61. The number of ether oxygens (including phenoxy) is 1. The Morgan fingerprint density at radius 1 is 1.30 bits per heavy atom. The summed E-state index contributed by atoms with van der Waals surface area (Å²) in [4.78, 5) is 12.0. The zero-order chi connectivity index (χ0) is 19.2. The van der Waals surface area contributed by atoms with Gasteiger partial charge in [-0.05, 0) is 38.0 Å². The molecular weight excluding hydrogens is 384 g/mol. The lowest BCUT2D eigenvalue weighted by Gasteiger charge is -2.11. The van der Waals surface area contributed by atoms with Crippen molar-refractivity contribution in [1.29, 1.82) is 0 Å². The van der Waals surface area contributed by atoms with Crippen molar-refractivity contribution in [1.82, 2.24) is 25.0 Å². The predicted octanol–water partition coefficient (Wildman–Crippen LogP) is 3.08. The lowest BCUT2D eigenvalue weighted by Crippen LogP contribution is -2.14. The molecule has 2 heterocycles. The molecular formula is C17H20N6O2S2. The van der Waals surface area contributed by atoms with E-state index in [-0.39, 0.29) is 11.7 Å². The average molecular weight is 405 g/mol. The van der Waals surface area contributed by atoms with E-state index >= 15 is 0 Å². The quantitative estimate of drug-likeness (QED) is 0.577. The minimum Gasteiger partial charge on any atom is -0.485 e. The van der Waals surface area contributed by atoms with Crippen molar-refractivity contribution in [2.24, 2.45) is 0 Å². The van der Waals surface area contributed by atoms with E-state index in [1.807, 2.05) is 30.5 Å². The molecule has 0 aliphatic heterocycles. The zero-order valence-corrected chi connectivity index (χ0v) is 16.9. The van der Waals surface area contributed by atoms with Gasteiger partial charge < -0.3 is 9.30 Å². The van der Waals surface area contributed by atoms with Crippen molar-refractivity contribution in [3.8, 4) is 5.75 Å². The molecule has 0 unspecified atom stereocenters. The van der Waals surface area contributed by atoms with Crippen molar-refractivity contribution >= 4 is 34.1 Å². The molecule has 0 aliphatic rings. The Balaban J connectivity index is 1.60. The summed E-state index contributed by atoms with van der Waals surface area (Å²) in [7, 11) is 0. The molecule has 0 fully saturated rings. The van der Waals surface area contributed by atoms with Crippen LogP contribution in [0.1, 0.15) is 23.9 Å². The van der Waals surface area contributed by atoms with Crippen LogP contribution in [0.2, 0.25) is 0 Å². The zero-order valence-electron chi connectivity index (χ0n) is 15.3. The van der Waals surface area contributed by atoms with Crippen LogP contribution in [0, 0.1) is 13.8 Å². The van der Waals surface area contributed by atoms with E-state index in [2.05, 4.69) is 38.7 Å². The summed E-state index contributed by atoms with van der Waals surface area (Å²) < 4.78 is 7.88. The van der Waals surface area contributed by atoms with Crippen molar-refractivity contribution in [2.45, 2.75) is 39.1 Å². The number of aromatic nitrogens is 5. The number of nitrogens with one attached hydrogen (secondary N) is 1. The van der Waals surface area contributed by atoms with E-state index in [9.17, 15) is 4.79 Å². The summed E-state index contributed by atoms with van der Waals surface area (Å²) in [6.45, 7) is 7.11. The Kier molecular flexibility index (Phi) is 6.40. The number of thioether (sulfide) groups is 1. The fourth-order valence-electron chi connectivity index (χ4n) is 2.39. The van der Waals surface area contributed by atoms with E-state index in [0.29, 0.717) is 23.4 Å². The summed E-state index contributed by atoms with van der Waals surface area (Å²) in [6, 6.07) is 5.97. The Morgan fingerprint density at radius 2 is 2.15 bits per heavy atom. The minimum atomic E-state index is -0.157. The number of hydrogen-bond donors (Lipinski definition) is 1. The highest BCUT2D eigenvalue weighted by atomic mass is 32.2. The maximum Gasteiger partial charge on any atom is 0.236 e. The molecule has 0 saturated heterocycles. The predicted molar refractivity (Wildman–Crippen MR) is 105 cm³/mol. The van der Waals surface area contributed by atoms with Crippen LogP contribution in [0.25, 0.3) is 0 Å². The van der Waals surface area contributed by atoms with Crippen molar-refractivity contribution in [3.63, 3.8) is 0 Å². The van der Waals surface area contributed by atoms with Crippen LogP contribution in [-0.2, 0) is 17.9 Å². The Labute approximate surface area is 165 Å². The molecule has 0 aliphatic carbocycles. The topological polar surface area (TPSA) is 94.8 Å². The van der Waals surface area contributed by atoms with Gasteiger partial charge in [-0.25, -0.2) is 0 Å². The number of carbonyl (C=O) groups excluding carboxylic acids is 1. The first-order valence-electron chi connectivity index (χ1n) is 8.38. The van der Waals surface area contributed by atoms with Gasteiger partial charge in [0.15, 0.2) is 11.0 Å². The third-order valence-electron chi connectivity index (χ3n) is 3.96. The maximum absolute atomic E-state index is 12.0. The first-order chi connectivity index (χ1) is 13.1. The van der Waals surface area contributed by atoms with E-state index in [4.69, 9.17) is 4.74 Å². The third-order valence-corrected chi connectivity index (χ3v) is 5.53. The normalized spacial score (nSPS) is 10.8. The Bertz CT molecular complexity index is 910. The number of rotatable bonds is 8. The molecule has 0 saturated carbocycles. The van der Waals surface area contributed by atoms with Crippen molar-refractivity contribution in [2.75, 3.05) is 11.1 Å². The fourth-order valence-corrected chi connectivity index (χ4v) is 3.67. The SMILES string of the molecule is CCn1c(COc2cccc(C)c2C)nnc1SCC(=O)Nc1nncs1. The standard InChI is InChI=1S/C17H20N6O2S2/c1-4-23-14(8-25-13-7-5-6-11(2)12(13)3)20-22-17(23)26-9-15(24)19-16-21-18-10-27-16/h5-7,10H,4,8-9H2,1-3H3,(H,19,21,24). The van der Waals surface area contributed by atoms with Gasteiger partial charge >= 0.3 is 0 Å². The molecule has 0 bridgehead atoms. The Morgan fingerprint density at radius 3 is 2.89 bits per heavy atom. The third kappa shape index (κ3) is 4.83. The number of hydrogen-bond acceptors (Lipinski definition) is 8. The van der Waals surface area contributed by atoms with Gasteiger partial charge in [-0.1, -0.05) is 35.2 Å². The molecule has 0 spiro atoms. The first kappa shape index (κ1) is 19.3. The molecule has 0 atom stereocenters. The summed E-state index contributed by atoms with van der Waals surface area (Å²) in [6.07, 6.45) is 0. The lowest BCUT2D eigenvalue weighted by molar-refractivity contribution is -0.113. The van der Waals surface area contributed by atoms with Gasteiger partial charge in [0.25, 0.3) is 0 Å². The van der Waals surface area contributed by atoms with Gasteiger partial charge in [-0.2, -0.15) is 0 Å². The van der Waals surface area contributed by atoms with Crippen LogP contribution in [0.3, 0.4) is 0 Å².